The van der Waals surface area contributed by atoms with E-state index in [9.17, 15) is 14.7 Å². The van der Waals surface area contributed by atoms with E-state index in [2.05, 4.69) is 20.5 Å². The molecule has 3 N–H and O–H groups in total. The number of aromatic nitrogens is 2. The highest BCUT2D eigenvalue weighted by atomic mass is 35.5. The van der Waals surface area contributed by atoms with Crippen LogP contribution in [-0.4, -0.2) is 71.7 Å². The smallest absolute Gasteiger partial charge is 0.307 e. The first-order valence-corrected chi connectivity index (χ1v) is 16.6. The summed E-state index contributed by atoms with van der Waals surface area (Å²) in [5.74, 6) is 0.167. The Labute approximate surface area is 289 Å². The van der Waals surface area contributed by atoms with Crippen molar-refractivity contribution in [3.63, 3.8) is 0 Å². The van der Waals surface area contributed by atoms with Gasteiger partial charge in [-0.2, -0.15) is 0 Å². The SMILES string of the molecule is COc1cc(-c2nccc(-c3cccc(-c4ccc(CNCC5CCC(=O)N5)c(OC)n4)c3Cl)c2Cl)ccc1CN1CCC(C(=O)O)C1. The minimum atomic E-state index is -0.753. The number of rotatable bonds is 12. The molecular formula is C36H37Cl2N5O5. The molecule has 12 heteroatoms. The predicted octanol–water partition coefficient (Wildman–Crippen LogP) is 6.08. The van der Waals surface area contributed by atoms with Crippen LogP contribution in [0.4, 0.5) is 0 Å². The lowest BCUT2D eigenvalue weighted by Crippen LogP contribution is -2.35. The summed E-state index contributed by atoms with van der Waals surface area (Å²) in [4.78, 5) is 34.4. The molecule has 1 amide bonds. The molecule has 0 bridgehead atoms. The Kier molecular flexibility index (Phi) is 10.5. The van der Waals surface area contributed by atoms with Crippen molar-refractivity contribution in [1.29, 1.82) is 0 Å². The monoisotopic (exact) mass is 689 g/mol. The van der Waals surface area contributed by atoms with E-state index in [1.807, 2.05) is 54.6 Å². The quantitative estimate of drug-likeness (QED) is 0.162. The van der Waals surface area contributed by atoms with Crippen LogP contribution in [0.3, 0.4) is 0 Å². The van der Waals surface area contributed by atoms with Crippen molar-refractivity contribution in [2.24, 2.45) is 5.92 Å². The van der Waals surface area contributed by atoms with Crippen LogP contribution in [0.2, 0.25) is 10.0 Å². The van der Waals surface area contributed by atoms with Gasteiger partial charge in [0.25, 0.3) is 0 Å². The first-order valence-electron chi connectivity index (χ1n) is 15.9. The highest BCUT2D eigenvalue weighted by Crippen LogP contribution is 2.42. The first kappa shape index (κ1) is 33.7. The molecule has 2 saturated heterocycles. The lowest BCUT2D eigenvalue weighted by atomic mass is 9.99. The molecule has 250 valence electrons. The fourth-order valence-electron chi connectivity index (χ4n) is 6.37. The number of ether oxygens (including phenoxy) is 2. The number of methoxy groups -OCH3 is 2. The normalized spacial score (nSPS) is 17.8. The van der Waals surface area contributed by atoms with E-state index in [-0.39, 0.29) is 17.9 Å². The molecule has 2 atom stereocenters. The Hall–Kier alpha value is -4.22. The number of carbonyl (C=O) groups is 2. The number of nitrogens with one attached hydrogen (secondary N) is 2. The molecule has 2 aliphatic rings. The molecule has 6 rings (SSSR count). The van der Waals surface area contributed by atoms with Crippen LogP contribution in [0.15, 0.2) is 60.8 Å². The minimum absolute atomic E-state index is 0.0934. The highest BCUT2D eigenvalue weighted by Gasteiger charge is 2.28. The third-order valence-corrected chi connectivity index (χ3v) is 9.74. The van der Waals surface area contributed by atoms with Crippen LogP contribution in [0.5, 0.6) is 11.6 Å². The molecule has 0 radical (unpaired) electrons. The Morgan fingerprint density at radius 2 is 1.81 bits per heavy atom. The number of halogens is 2. The maximum Gasteiger partial charge on any atom is 0.307 e. The van der Waals surface area contributed by atoms with Crippen molar-refractivity contribution in [2.45, 2.75) is 38.4 Å². The second kappa shape index (κ2) is 14.9. The van der Waals surface area contributed by atoms with Gasteiger partial charge in [-0.15, -0.1) is 0 Å². The van der Waals surface area contributed by atoms with Crippen LogP contribution >= 0.6 is 23.2 Å². The highest BCUT2D eigenvalue weighted by molar-refractivity contribution is 6.39. The maximum absolute atomic E-state index is 11.5. The average molecular weight is 691 g/mol. The number of hydrogen-bond acceptors (Lipinski definition) is 8. The third kappa shape index (κ3) is 7.27. The van der Waals surface area contributed by atoms with Gasteiger partial charge in [0.15, 0.2) is 0 Å². The molecule has 2 aliphatic heterocycles. The van der Waals surface area contributed by atoms with E-state index in [1.165, 1.54) is 0 Å². The standard InChI is InChI=1S/C36H37Cl2N5O5/c1-47-30-16-21(6-7-23(30)19-43-15-13-24(20-43)36(45)46)34-33(38)27(12-14-40-34)26-4-3-5-28(32(26)37)29-10-8-22(35(42-29)48-2)17-39-18-25-9-11-31(44)41-25/h3-8,10,12,14,16,24-25,39H,9,11,13,15,17-20H2,1-2H3,(H,41,44)(H,45,46). The van der Waals surface area contributed by atoms with E-state index < -0.39 is 5.97 Å². The zero-order valence-corrected chi connectivity index (χ0v) is 28.3. The topological polar surface area (TPSA) is 126 Å². The molecule has 10 nitrogen and oxygen atoms in total. The molecule has 0 saturated carbocycles. The molecule has 4 aromatic rings. The summed E-state index contributed by atoms with van der Waals surface area (Å²) in [6, 6.07) is 17.4. The van der Waals surface area contributed by atoms with Crippen molar-refractivity contribution >= 4 is 35.1 Å². The molecule has 2 unspecified atom stereocenters. The van der Waals surface area contributed by atoms with Crippen molar-refractivity contribution in [3.8, 4) is 45.3 Å². The van der Waals surface area contributed by atoms with Gasteiger partial charge in [-0.25, -0.2) is 4.98 Å². The second-order valence-corrected chi connectivity index (χ2v) is 12.8. The summed E-state index contributed by atoms with van der Waals surface area (Å²) < 4.78 is 11.4. The molecule has 0 aliphatic carbocycles. The second-order valence-electron chi connectivity index (χ2n) is 12.1. The Morgan fingerprint density at radius 1 is 1.02 bits per heavy atom. The maximum atomic E-state index is 11.5. The summed E-state index contributed by atoms with van der Waals surface area (Å²) in [6.45, 7) is 3.04. The fraction of sp³-hybridized carbons (Fsp3) is 0.333. The largest absolute Gasteiger partial charge is 0.496 e. The number of amides is 1. The van der Waals surface area contributed by atoms with E-state index in [0.717, 1.165) is 46.3 Å². The van der Waals surface area contributed by atoms with Gasteiger partial charge in [0.1, 0.15) is 5.75 Å². The molecule has 4 heterocycles. The Morgan fingerprint density at radius 3 is 2.54 bits per heavy atom. The molecule has 2 aromatic carbocycles. The summed E-state index contributed by atoms with van der Waals surface area (Å²) in [7, 11) is 3.21. The van der Waals surface area contributed by atoms with Gasteiger partial charge in [-0.3, -0.25) is 19.5 Å². The number of carboxylic acids is 1. The summed E-state index contributed by atoms with van der Waals surface area (Å²) in [5, 5.41) is 16.7. The fourth-order valence-corrected chi connectivity index (χ4v) is 7.02. The van der Waals surface area contributed by atoms with Gasteiger partial charge < -0.3 is 25.2 Å². The lowest BCUT2D eigenvalue weighted by Gasteiger charge is -2.18. The van der Waals surface area contributed by atoms with Gasteiger partial charge in [0.05, 0.1) is 41.6 Å². The lowest BCUT2D eigenvalue weighted by molar-refractivity contribution is -0.141. The van der Waals surface area contributed by atoms with Crippen molar-refractivity contribution < 1.29 is 24.2 Å². The van der Waals surface area contributed by atoms with Gasteiger partial charge >= 0.3 is 5.97 Å². The van der Waals surface area contributed by atoms with Crippen LogP contribution in [0.25, 0.3) is 33.6 Å². The number of aliphatic carboxylic acids is 1. The zero-order valence-electron chi connectivity index (χ0n) is 26.8. The van der Waals surface area contributed by atoms with E-state index in [1.54, 1.807) is 20.4 Å². The van der Waals surface area contributed by atoms with Crippen LogP contribution in [0, 0.1) is 5.92 Å². The van der Waals surface area contributed by atoms with Crippen LogP contribution in [-0.2, 0) is 22.7 Å². The number of benzene rings is 2. The number of nitrogens with zero attached hydrogens (tertiary/aromatic N) is 3. The zero-order chi connectivity index (χ0) is 33.8. The Balaban J connectivity index is 1.23. The predicted molar refractivity (Wildman–Crippen MR) is 185 cm³/mol. The van der Waals surface area contributed by atoms with Crippen molar-refractivity contribution in [1.82, 2.24) is 25.5 Å². The first-order chi connectivity index (χ1) is 23.2. The molecule has 2 fully saturated rings. The number of carbonyl (C=O) groups excluding carboxylic acids is 1. The number of pyridine rings is 2. The minimum Gasteiger partial charge on any atom is -0.496 e. The average Bonchev–Trinajstić information content (AvgIpc) is 3.74. The molecule has 48 heavy (non-hydrogen) atoms. The Bertz CT molecular complexity index is 1840. The van der Waals surface area contributed by atoms with Crippen molar-refractivity contribution in [3.05, 3.63) is 82.0 Å². The summed E-state index contributed by atoms with van der Waals surface area (Å²) >= 11 is 14.1. The molecule has 2 aromatic heterocycles. The van der Waals surface area contributed by atoms with Gasteiger partial charge in [0.2, 0.25) is 11.8 Å². The van der Waals surface area contributed by atoms with Gasteiger partial charge in [-0.05, 0) is 37.6 Å². The van der Waals surface area contributed by atoms with Gasteiger partial charge in [0, 0.05) is 78.2 Å². The molecule has 0 spiro atoms. The van der Waals surface area contributed by atoms with Crippen LogP contribution < -0.4 is 20.1 Å². The van der Waals surface area contributed by atoms with E-state index in [4.69, 9.17) is 37.7 Å². The summed E-state index contributed by atoms with van der Waals surface area (Å²) in [5.41, 5.74) is 6.07. The van der Waals surface area contributed by atoms with Crippen molar-refractivity contribution in [2.75, 3.05) is 33.9 Å². The number of carboxylic acid groups (broad SMARTS) is 1. The summed E-state index contributed by atoms with van der Waals surface area (Å²) in [6.07, 6.45) is 3.74. The van der Waals surface area contributed by atoms with E-state index >= 15 is 0 Å². The third-order valence-electron chi connectivity index (χ3n) is 8.95. The number of hydrogen-bond donors (Lipinski definition) is 3. The van der Waals surface area contributed by atoms with E-state index in [0.29, 0.717) is 72.1 Å². The molecular weight excluding hydrogens is 653 g/mol. The number of likely N-dealkylation sites (tertiary alicyclic amines) is 1. The van der Waals surface area contributed by atoms with Gasteiger partial charge in [-0.1, -0.05) is 59.6 Å². The van der Waals surface area contributed by atoms with Crippen LogP contribution in [0.1, 0.15) is 30.4 Å².